The van der Waals surface area contributed by atoms with Crippen LogP contribution in [0.25, 0.3) is 11.3 Å². The molecule has 18 heavy (non-hydrogen) atoms. The Balaban J connectivity index is 2.21. The van der Waals surface area contributed by atoms with E-state index in [0.29, 0.717) is 18.5 Å². The highest BCUT2D eigenvalue weighted by atomic mass is 32.1. The van der Waals surface area contributed by atoms with E-state index < -0.39 is 11.6 Å². The number of carbonyl (C=O) groups excluding carboxylic acids is 1. The van der Waals surface area contributed by atoms with E-state index in [0.717, 1.165) is 11.1 Å². The highest BCUT2D eigenvalue weighted by Crippen LogP contribution is 2.25. The minimum absolute atomic E-state index is 0.0970. The number of thiazole rings is 1. The maximum Gasteiger partial charge on any atom is 0.135 e. The summed E-state index contributed by atoms with van der Waals surface area (Å²) in [6.45, 7) is 1.52. The summed E-state index contributed by atoms with van der Waals surface area (Å²) >= 11 is 1.38. The van der Waals surface area contributed by atoms with E-state index in [1.54, 1.807) is 5.38 Å². The van der Waals surface area contributed by atoms with Crippen molar-refractivity contribution in [3.05, 3.63) is 40.2 Å². The number of ketones is 1. The maximum absolute atomic E-state index is 13.5. The zero-order valence-corrected chi connectivity index (χ0v) is 10.6. The Morgan fingerprint density at radius 2 is 2.17 bits per heavy atom. The molecule has 94 valence electrons. The van der Waals surface area contributed by atoms with Crippen molar-refractivity contribution >= 4 is 17.1 Å². The van der Waals surface area contributed by atoms with Crippen molar-refractivity contribution in [1.82, 2.24) is 4.98 Å². The van der Waals surface area contributed by atoms with Crippen LogP contribution in [0.15, 0.2) is 23.6 Å². The summed E-state index contributed by atoms with van der Waals surface area (Å²) in [4.78, 5) is 15.1. The Morgan fingerprint density at radius 3 is 2.83 bits per heavy atom. The first-order valence-corrected chi connectivity index (χ1v) is 6.33. The van der Waals surface area contributed by atoms with Crippen LogP contribution in [0.2, 0.25) is 0 Å². The molecule has 0 saturated carbocycles. The number of benzene rings is 1. The lowest BCUT2D eigenvalue weighted by Gasteiger charge is -1.99. The van der Waals surface area contributed by atoms with Gasteiger partial charge in [0.15, 0.2) is 0 Å². The molecule has 1 heterocycles. The maximum atomic E-state index is 13.5. The van der Waals surface area contributed by atoms with Crippen LogP contribution in [0.5, 0.6) is 0 Å². The topological polar surface area (TPSA) is 30.0 Å². The highest BCUT2D eigenvalue weighted by Gasteiger charge is 2.10. The first-order chi connectivity index (χ1) is 8.56. The number of hydrogen-bond donors (Lipinski definition) is 0. The van der Waals surface area contributed by atoms with Crippen LogP contribution in [0.3, 0.4) is 0 Å². The average molecular weight is 267 g/mol. The summed E-state index contributed by atoms with van der Waals surface area (Å²) in [6, 6.07) is 3.41. The van der Waals surface area contributed by atoms with Crippen molar-refractivity contribution in [2.24, 2.45) is 0 Å². The summed E-state index contributed by atoms with van der Waals surface area (Å²) in [5.74, 6) is -1.14. The molecule has 0 radical (unpaired) electrons. The van der Waals surface area contributed by atoms with Gasteiger partial charge in [0.1, 0.15) is 17.4 Å². The first-order valence-electron chi connectivity index (χ1n) is 5.45. The van der Waals surface area contributed by atoms with E-state index in [2.05, 4.69) is 4.98 Å². The largest absolute Gasteiger partial charge is 0.300 e. The van der Waals surface area contributed by atoms with Gasteiger partial charge in [-0.25, -0.2) is 13.8 Å². The predicted molar refractivity (Wildman–Crippen MR) is 66.5 cm³/mol. The minimum Gasteiger partial charge on any atom is -0.300 e. The molecule has 0 N–H and O–H groups in total. The summed E-state index contributed by atoms with van der Waals surface area (Å²) in [6.07, 6.45) is 0.988. The molecule has 2 nitrogen and oxygen atoms in total. The molecule has 0 fully saturated rings. The summed E-state index contributed by atoms with van der Waals surface area (Å²) in [5.41, 5.74) is 0.762. The fourth-order valence-corrected chi connectivity index (χ4v) is 2.33. The van der Waals surface area contributed by atoms with Crippen LogP contribution >= 0.6 is 11.3 Å². The smallest absolute Gasteiger partial charge is 0.135 e. The second-order valence-electron chi connectivity index (χ2n) is 3.95. The van der Waals surface area contributed by atoms with Gasteiger partial charge in [0.05, 0.1) is 10.7 Å². The van der Waals surface area contributed by atoms with Gasteiger partial charge in [0, 0.05) is 29.9 Å². The zero-order chi connectivity index (χ0) is 13.1. The van der Waals surface area contributed by atoms with Crippen LogP contribution < -0.4 is 0 Å². The molecule has 1 aromatic heterocycles. The Morgan fingerprint density at radius 1 is 1.39 bits per heavy atom. The minimum atomic E-state index is -0.626. The van der Waals surface area contributed by atoms with Gasteiger partial charge >= 0.3 is 0 Å². The van der Waals surface area contributed by atoms with Crippen molar-refractivity contribution in [3.8, 4) is 11.3 Å². The molecule has 0 atom stereocenters. The summed E-state index contributed by atoms with van der Waals surface area (Å²) < 4.78 is 26.3. The fourth-order valence-electron chi connectivity index (χ4n) is 1.53. The lowest BCUT2D eigenvalue weighted by molar-refractivity contribution is -0.116. The second-order valence-corrected chi connectivity index (χ2v) is 4.90. The standard InChI is InChI=1S/C13H11F2NOS/c1-8(17)2-5-13-16-12(7-18-13)10-4-3-9(14)6-11(10)15/h3-4,6-7H,2,5H2,1H3. The van der Waals surface area contributed by atoms with E-state index in [1.807, 2.05) is 0 Å². The molecular weight excluding hydrogens is 256 g/mol. The van der Waals surface area contributed by atoms with Gasteiger partial charge in [-0.15, -0.1) is 11.3 Å². The molecule has 0 aliphatic carbocycles. The number of nitrogens with zero attached hydrogens (tertiary/aromatic N) is 1. The van der Waals surface area contributed by atoms with E-state index in [-0.39, 0.29) is 11.3 Å². The summed E-state index contributed by atoms with van der Waals surface area (Å²) in [5, 5.41) is 2.50. The first kappa shape index (κ1) is 12.8. The van der Waals surface area contributed by atoms with Gasteiger partial charge in [0.2, 0.25) is 0 Å². The lowest BCUT2D eigenvalue weighted by atomic mass is 10.1. The highest BCUT2D eigenvalue weighted by molar-refractivity contribution is 7.09. The molecule has 2 rings (SSSR count). The van der Waals surface area contributed by atoms with Gasteiger partial charge in [-0.05, 0) is 19.1 Å². The van der Waals surface area contributed by atoms with Gasteiger partial charge in [0.25, 0.3) is 0 Å². The van der Waals surface area contributed by atoms with Gasteiger partial charge in [-0.2, -0.15) is 0 Å². The van der Waals surface area contributed by atoms with Crippen molar-refractivity contribution in [2.45, 2.75) is 19.8 Å². The Labute approximate surface area is 107 Å². The number of Topliss-reactive ketones (excluding diaryl/α,β-unsaturated/α-hetero) is 1. The third kappa shape index (κ3) is 2.98. The number of aryl methyl sites for hydroxylation is 1. The number of aromatic nitrogens is 1. The molecule has 0 aliphatic rings. The molecule has 2 aromatic rings. The van der Waals surface area contributed by atoms with Crippen LogP contribution in [-0.4, -0.2) is 10.8 Å². The lowest BCUT2D eigenvalue weighted by Crippen LogP contribution is -1.93. The van der Waals surface area contributed by atoms with Crippen LogP contribution in [0, 0.1) is 11.6 Å². The quantitative estimate of drug-likeness (QED) is 0.847. The van der Waals surface area contributed by atoms with Crippen molar-refractivity contribution in [1.29, 1.82) is 0 Å². The van der Waals surface area contributed by atoms with E-state index in [4.69, 9.17) is 0 Å². The third-order valence-corrected chi connectivity index (χ3v) is 3.36. The van der Waals surface area contributed by atoms with Crippen molar-refractivity contribution in [2.75, 3.05) is 0 Å². The Bertz CT molecular complexity index is 580. The molecule has 1 aromatic carbocycles. The monoisotopic (exact) mass is 267 g/mol. The molecule has 0 bridgehead atoms. The number of carbonyl (C=O) groups is 1. The molecule has 5 heteroatoms. The Hall–Kier alpha value is -1.62. The number of rotatable bonds is 4. The van der Waals surface area contributed by atoms with Gasteiger partial charge in [-0.1, -0.05) is 0 Å². The van der Waals surface area contributed by atoms with E-state index in [1.165, 1.54) is 30.4 Å². The van der Waals surface area contributed by atoms with Crippen LogP contribution in [-0.2, 0) is 11.2 Å². The predicted octanol–water partition coefficient (Wildman–Crippen LogP) is 3.61. The molecular formula is C13H11F2NOS. The third-order valence-electron chi connectivity index (χ3n) is 2.45. The van der Waals surface area contributed by atoms with Crippen LogP contribution in [0.1, 0.15) is 18.4 Å². The molecule has 0 aliphatic heterocycles. The molecule has 0 amide bonds. The van der Waals surface area contributed by atoms with E-state index in [9.17, 15) is 13.6 Å². The molecule has 0 spiro atoms. The number of hydrogen-bond acceptors (Lipinski definition) is 3. The van der Waals surface area contributed by atoms with Gasteiger partial charge in [-0.3, -0.25) is 0 Å². The number of halogens is 2. The second kappa shape index (κ2) is 5.35. The average Bonchev–Trinajstić information content (AvgIpc) is 2.75. The molecule has 0 unspecified atom stereocenters. The van der Waals surface area contributed by atoms with Gasteiger partial charge < -0.3 is 4.79 Å². The fraction of sp³-hybridized carbons (Fsp3) is 0.231. The molecule has 0 saturated heterocycles. The van der Waals surface area contributed by atoms with Crippen LogP contribution in [0.4, 0.5) is 8.78 Å². The Kier molecular flexibility index (Phi) is 3.81. The normalized spacial score (nSPS) is 10.6. The van der Waals surface area contributed by atoms with Crippen molar-refractivity contribution < 1.29 is 13.6 Å². The van der Waals surface area contributed by atoms with E-state index >= 15 is 0 Å². The zero-order valence-electron chi connectivity index (χ0n) is 9.74. The summed E-state index contributed by atoms with van der Waals surface area (Å²) in [7, 11) is 0. The van der Waals surface area contributed by atoms with Crippen molar-refractivity contribution in [3.63, 3.8) is 0 Å². The SMILES string of the molecule is CC(=O)CCc1nc(-c2ccc(F)cc2F)cs1.